The number of aromatic nitrogens is 2. The van der Waals surface area contributed by atoms with E-state index in [1.165, 1.54) is 10.8 Å². The fraction of sp³-hybridized carbons (Fsp3) is 0.818. The molecule has 1 spiro atoms. The number of aromatic amines is 1. The summed E-state index contributed by atoms with van der Waals surface area (Å²) in [6.07, 6.45) is 0.241. The fourth-order valence-corrected chi connectivity index (χ4v) is 7.87. The van der Waals surface area contributed by atoms with Gasteiger partial charge in [-0.2, -0.15) is 8.42 Å². The first-order chi connectivity index (χ1) is 16.1. The summed E-state index contributed by atoms with van der Waals surface area (Å²) in [6, 6.07) is 0. The first-order valence-corrected chi connectivity index (χ1v) is 16.6. The first kappa shape index (κ1) is 26.7. The topological polar surface area (TPSA) is 138 Å². The van der Waals surface area contributed by atoms with E-state index in [0.29, 0.717) is 12.2 Å². The third kappa shape index (κ3) is 4.18. The predicted octanol–water partition coefficient (Wildman–Crippen LogP) is 1.35. The number of ether oxygens (including phenoxy) is 2. The van der Waals surface area contributed by atoms with Gasteiger partial charge in [0.15, 0.2) is 25.9 Å². The number of rotatable bonds is 7. The van der Waals surface area contributed by atoms with E-state index in [0.717, 1.165) is 12.8 Å². The molecule has 3 saturated heterocycles. The van der Waals surface area contributed by atoms with Crippen LogP contribution in [0.5, 0.6) is 0 Å². The smallest absolute Gasteiger partial charge is 0.330 e. The van der Waals surface area contributed by atoms with Crippen LogP contribution in [0.2, 0.25) is 18.1 Å². The van der Waals surface area contributed by atoms with Crippen molar-refractivity contribution >= 4 is 18.4 Å². The molecule has 35 heavy (non-hydrogen) atoms. The second-order valence-electron chi connectivity index (χ2n) is 11.3. The van der Waals surface area contributed by atoms with Crippen LogP contribution in [0.15, 0.2) is 15.8 Å². The lowest BCUT2D eigenvalue weighted by Gasteiger charge is -2.45. The Morgan fingerprint density at radius 3 is 2.60 bits per heavy atom. The van der Waals surface area contributed by atoms with Gasteiger partial charge in [-0.05, 0) is 31.5 Å². The number of aryl methyl sites for hydroxylation is 1. The van der Waals surface area contributed by atoms with Gasteiger partial charge < -0.3 is 13.9 Å². The minimum absolute atomic E-state index is 0.229. The largest absolute Gasteiger partial charge is 0.406 e. The van der Waals surface area contributed by atoms with E-state index in [2.05, 4.69) is 31.1 Å². The molecule has 5 atom stereocenters. The molecule has 0 saturated carbocycles. The molecule has 1 aromatic heterocycles. The van der Waals surface area contributed by atoms with E-state index in [4.69, 9.17) is 18.1 Å². The SMILES string of the molecule is CCCCO[C@]12CS(=O)(=O)O[C@@]13C(CN2)O[C@@H](n1cc(C)c(=O)[nH]c1=O)[C@@H]3O[Si](C)(C)C(C)(C)C. The summed E-state index contributed by atoms with van der Waals surface area (Å²) < 4.78 is 52.6. The van der Waals surface area contributed by atoms with Crippen molar-refractivity contribution in [1.82, 2.24) is 14.9 Å². The summed E-state index contributed by atoms with van der Waals surface area (Å²) in [5, 5.41) is 3.01. The lowest BCUT2D eigenvalue weighted by atomic mass is 9.85. The quantitative estimate of drug-likeness (QED) is 0.303. The lowest BCUT2D eigenvalue weighted by molar-refractivity contribution is -0.169. The molecule has 0 bridgehead atoms. The molecule has 1 unspecified atom stereocenters. The van der Waals surface area contributed by atoms with Gasteiger partial charge in [0.1, 0.15) is 18.0 Å². The molecule has 1 aromatic rings. The van der Waals surface area contributed by atoms with Gasteiger partial charge in [0, 0.05) is 24.9 Å². The normalized spacial score (nSPS) is 34.2. The number of unbranched alkanes of at least 4 members (excludes halogenated alkanes) is 1. The molecular formula is C22H37N3O8SSi. The van der Waals surface area contributed by atoms with Crippen LogP contribution in [0.25, 0.3) is 0 Å². The maximum atomic E-state index is 13.0. The number of nitrogens with one attached hydrogen (secondary N) is 2. The van der Waals surface area contributed by atoms with Crippen molar-refractivity contribution in [2.45, 2.75) is 95.4 Å². The third-order valence-electron chi connectivity index (χ3n) is 7.81. The minimum atomic E-state index is -4.00. The predicted molar refractivity (Wildman–Crippen MR) is 131 cm³/mol. The van der Waals surface area contributed by atoms with E-state index in [1.54, 1.807) is 6.92 Å². The van der Waals surface area contributed by atoms with Crippen LogP contribution >= 0.6 is 0 Å². The fourth-order valence-electron chi connectivity index (χ4n) is 4.86. The maximum absolute atomic E-state index is 13.0. The molecule has 11 nitrogen and oxygen atoms in total. The number of hydrogen-bond donors (Lipinski definition) is 2. The van der Waals surface area contributed by atoms with Crippen molar-refractivity contribution in [3.05, 3.63) is 32.6 Å². The van der Waals surface area contributed by atoms with Crippen molar-refractivity contribution in [2.75, 3.05) is 18.9 Å². The summed E-state index contributed by atoms with van der Waals surface area (Å²) in [5.41, 5.74) is -3.78. The molecule has 4 rings (SSSR count). The molecule has 4 heterocycles. The molecule has 3 fully saturated rings. The average Bonchev–Trinajstić information content (AvgIpc) is 3.24. The van der Waals surface area contributed by atoms with Crippen molar-refractivity contribution in [1.29, 1.82) is 0 Å². The van der Waals surface area contributed by atoms with Crippen molar-refractivity contribution in [2.24, 2.45) is 0 Å². The lowest BCUT2D eigenvalue weighted by Crippen LogP contribution is -2.66. The molecule has 198 valence electrons. The van der Waals surface area contributed by atoms with Gasteiger partial charge in [-0.1, -0.05) is 34.1 Å². The van der Waals surface area contributed by atoms with E-state index in [-0.39, 0.29) is 11.6 Å². The van der Waals surface area contributed by atoms with Crippen LogP contribution in [-0.4, -0.2) is 68.7 Å². The highest BCUT2D eigenvalue weighted by Crippen LogP contribution is 2.57. The minimum Gasteiger partial charge on any atom is -0.406 e. The summed E-state index contributed by atoms with van der Waals surface area (Å²) in [7, 11) is -6.55. The van der Waals surface area contributed by atoms with Gasteiger partial charge in [0.05, 0.1) is 0 Å². The van der Waals surface area contributed by atoms with Gasteiger partial charge in [-0.3, -0.25) is 23.8 Å². The molecular weight excluding hydrogens is 494 g/mol. The Bertz CT molecular complexity index is 1210. The highest BCUT2D eigenvalue weighted by atomic mass is 32.2. The Hall–Kier alpha value is -1.35. The molecule has 2 N–H and O–H groups in total. The second-order valence-corrected chi connectivity index (χ2v) is 17.6. The van der Waals surface area contributed by atoms with Crippen molar-refractivity contribution in [3.8, 4) is 0 Å². The highest BCUT2D eigenvalue weighted by molar-refractivity contribution is 7.87. The molecule has 13 heteroatoms. The van der Waals surface area contributed by atoms with Gasteiger partial charge in [0.25, 0.3) is 15.7 Å². The van der Waals surface area contributed by atoms with E-state index >= 15 is 0 Å². The zero-order chi connectivity index (χ0) is 26.0. The third-order valence-corrected chi connectivity index (χ3v) is 13.6. The van der Waals surface area contributed by atoms with Gasteiger partial charge in [0.2, 0.25) is 0 Å². The van der Waals surface area contributed by atoms with Crippen LogP contribution in [0.3, 0.4) is 0 Å². The van der Waals surface area contributed by atoms with Crippen LogP contribution in [0, 0.1) is 6.92 Å². The van der Waals surface area contributed by atoms with E-state index in [1.807, 2.05) is 20.0 Å². The molecule has 0 aliphatic carbocycles. The van der Waals surface area contributed by atoms with Crippen molar-refractivity contribution in [3.63, 3.8) is 0 Å². The van der Waals surface area contributed by atoms with Crippen LogP contribution in [0.4, 0.5) is 0 Å². The summed E-state index contributed by atoms with van der Waals surface area (Å²) in [5.74, 6) is -0.396. The van der Waals surface area contributed by atoms with Crippen molar-refractivity contribution < 1.29 is 26.5 Å². The van der Waals surface area contributed by atoms with E-state index < -0.39 is 65.2 Å². The Kier molecular flexibility index (Phi) is 6.56. The van der Waals surface area contributed by atoms with Gasteiger partial charge in [-0.15, -0.1) is 0 Å². The monoisotopic (exact) mass is 531 g/mol. The molecule has 0 radical (unpaired) electrons. The molecule has 0 amide bonds. The zero-order valence-electron chi connectivity index (χ0n) is 21.5. The Morgan fingerprint density at radius 2 is 1.97 bits per heavy atom. The summed E-state index contributed by atoms with van der Waals surface area (Å²) >= 11 is 0. The molecule has 3 aliphatic rings. The van der Waals surface area contributed by atoms with Crippen LogP contribution < -0.4 is 16.6 Å². The summed E-state index contributed by atoms with van der Waals surface area (Å²) in [4.78, 5) is 27.2. The first-order valence-electron chi connectivity index (χ1n) is 12.1. The van der Waals surface area contributed by atoms with E-state index in [9.17, 15) is 18.0 Å². The second kappa shape index (κ2) is 8.60. The van der Waals surface area contributed by atoms with Crippen LogP contribution in [0.1, 0.15) is 52.3 Å². The highest BCUT2D eigenvalue weighted by Gasteiger charge is 2.80. The summed E-state index contributed by atoms with van der Waals surface area (Å²) in [6.45, 7) is 14.5. The maximum Gasteiger partial charge on any atom is 0.330 e. The van der Waals surface area contributed by atoms with Gasteiger partial charge in [-0.25, -0.2) is 4.79 Å². The standard InChI is InChI=1S/C22H37N3O8SSi/c1-8-9-10-30-21-13-34(28,29)33-22(21)15(11-23-21)31-18(16(22)32-35(6,7)20(3,4)5)25-12-14(2)17(26)24-19(25)27/h12,15-16,18,23H,8-11,13H2,1-7H3,(H,24,26,27)/t15?,16-,18+,21+,22+/m0/s1. The Morgan fingerprint density at radius 1 is 1.29 bits per heavy atom. The Labute approximate surface area is 206 Å². The zero-order valence-corrected chi connectivity index (χ0v) is 23.3. The average molecular weight is 532 g/mol. The number of hydrogen-bond acceptors (Lipinski definition) is 9. The number of nitrogens with zero attached hydrogens (tertiary/aromatic N) is 1. The van der Waals surface area contributed by atoms with Crippen LogP contribution in [-0.2, 0) is 28.2 Å². The molecule has 3 aliphatic heterocycles. The molecule has 0 aromatic carbocycles. The number of H-pyrrole nitrogens is 1. The Balaban J connectivity index is 1.90. The van der Waals surface area contributed by atoms with Gasteiger partial charge >= 0.3 is 5.69 Å².